The van der Waals surface area contributed by atoms with Gasteiger partial charge >= 0.3 is 0 Å². The van der Waals surface area contributed by atoms with Crippen molar-refractivity contribution in [1.29, 1.82) is 0 Å². The average molecular weight is 541 g/mol. The van der Waals surface area contributed by atoms with Crippen LogP contribution in [0.1, 0.15) is 23.9 Å². The molecule has 0 aliphatic heterocycles. The summed E-state index contributed by atoms with van der Waals surface area (Å²) in [6, 6.07) is 21.1. The molecular weight excluding hydrogens is 522 g/mol. The van der Waals surface area contributed by atoms with E-state index >= 15 is 0 Å². The van der Waals surface area contributed by atoms with Gasteiger partial charge in [0.2, 0.25) is 0 Å². The predicted octanol–water partition coefficient (Wildman–Crippen LogP) is 5.95. The van der Waals surface area contributed by atoms with Crippen molar-refractivity contribution in [1.82, 2.24) is 9.66 Å². The quantitative estimate of drug-likeness (QED) is 0.284. The summed E-state index contributed by atoms with van der Waals surface area (Å²) in [7, 11) is 0. The first-order chi connectivity index (χ1) is 15.0. The van der Waals surface area contributed by atoms with E-state index in [-0.39, 0.29) is 5.56 Å². The highest BCUT2D eigenvalue weighted by Gasteiger charge is 2.10. The topological polar surface area (TPSA) is 56.5 Å². The molecule has 0 spiro atoms. The Hall–Kier alpha value is -2.77. The maximum absolute atomic E-state index is 13.1. The molecule has 1 aromatic heterocycles. The van der Waals surface area contributed by atoms with Gasteiger partial charge in [-0.15, -0.1) is 0 Å². The molecular formula is C24H19Br2N3O2. The summed E-state index contributed by atoms with van der Waals surface area (Å²) in [6.45, 7) is 2.39. The first-order valence-electron chi connectivity index (χ1n) is 9.77. The fourth-order valence-corrected chi connectivity index (χ4v) is 3.89. The van der Waals surface area contributed by atoms with Crippen LogP contribution in [-0.2, 0) is 13.0 Å². The monoisotopic (exact) mass is 539 g/mol. The molecule has 5 nitrogen and oxygen atoms in total. The maximum atomic E-state index is 13.1. The summed E-state index contributed by atoms with van der Waals surface area (Å²) < 4.78 is 9.09. The number of ether oxygens (including phenoxy) is 1. The second kappa shape index (κ2) is 9.58. The first kappa shape index (κ1) is 21.5. The van der Waals surface area contributed by atoms with Crippen molar-refractivity contribution in [3.8, 4) is 5.75 Å². The lowest BCUT2D eigenvalue weighted by molar-refractivity contribution is 0.305. The van der Waals surface area contributed by atoms with Gasteiger partial charge < -0.3 is 4.74 Å². The zero-order valence-electron chi connectivity index (χ0n) is 16.8. The van der Waals surface area contributed by atoms with Gasteiger partial charge in [-0.05, 0) is 42.0 Å². The van der Waals surface area contributed by atoms with E-state index in [1.54, 1.807) is 12.3 Å². The normalized spacial score (nSPS) is 11.3. The lowest BCUT2D eigenvalue weighted by Gasteiger charge is -2.11. The smallest absolute Gasteiger partial charge is 0.282 e. The Bertz CT molecular complexity index is 1320. The minimum atomic E-state index is -0.207. The number of aryl methyl sites for hydroxylation is 1. The molecule has 1 heterocycles. The van der Waals surface area contributed by atoms with Gasteiger partial charge in [-0.1, -0.05) is 69.1 Å². The summed E-state index contributed by atoms with van der Waals surface area (Å²) in [5, 5.41) is 5.00. The Kier molecular flexibility index (Phi) is 6.63. The summed E-state index contributed by atoms with van der Waals surface area (Å²) in [6.07, 6.45) is 2.21. The second-order valence-electron chi connectivity index (χ2n) is 6.86. The number of nitrogens with zero attached hydrogens (tertiary/aromatic N) is 3. The van der Waals surface area contributed by atoms with E-state index in [0.717, 1.165) is 20.1 Å². The van der Waals surface area contributed by atoms with Crippen LogP contribution < -0.4 is 10.3 Å². The first-order valence-corrected chi connectivity index (χ1v) is 11.4. The van der Waals surface area contributed by atoms with Crippen LogP contribution in [0.2, 0.25) is 0 Å². The van der Waals surface area contributed by atoms with Crippen LogP contribution in [-0.4, -0.2) is 15.9 Å². The number of hydrogen-bond donors (Lipinski definition) is 0. The minimum Gasteiger partial charge on any atom is -0.488 e. The Morgan fingerprint density at radius 2 is 1.77 bits per heavy atom. The lowest BCUT2D eigenvalue weighted by atomic mass is 10.2. The molecule has 4 rings (SSSR count). The third kappa shape index (κ3) is 4.94. The number of hydrogen-bond acceptors (Lipinski definition) is 4. The SMILES string of the molecule is CCc1nc2ccc(Br)cc2c(=O)n1N=Cc1cc(Br)ccc1OCc1ccccc1. The van der Waals surface area contributed by atoms with Crippen molar-refractivity contribution in [3.05, 3.63) is 103 Å². The predicted molar refractivity (Wildman–Crippen MR) is 131 cm³/mol. The van der Waals surface area contributed by atoms with Crippen LogP contribution in [0.15, 0.2) is 85.6 Å². The van der Waals surface area contributed by atoms with Crippen LogP contribution in [0.25, 0.3) is 10.9 Å². The van der Waals surface area contributed by atoms with E-state index in [4.69, 9.17) is 4.74 Å². The molecule has 156 valence electrons. The average Bonchev–Trinajstić information content (AvgIpc) is 2.78. The van der Waals surface area contributed by atoms with Crippen LogP contribution in [0.5, 0.6) is 5.75 Å². The molecule has 0 unspecified atom stereocenters. The Labute approximate surface area is 196 Å². The number of rotatable bonds is 6. The molecule has 4 aromatic rings. The highest BCUT2D eigenvalue weighted by Crippen LogP contribution is 2.23. The fraction of sp³-hybridized carbons (Fsp3) is 0.125. The highest BCUT2D eigenvalue weighted by molar-refractivity contribution is 9.10. The van der Waals surface area contributed by atoms with Crippen molar-refractivity contribution in [2.75, 3.05) is 0 Å². The fourth-order valence-electron chi connectivity index (χ4n) is 3.15. The third-order valence-corrected chi connectivity index (χ3v) is 5.70. The van der Waals surface area contributed by atoms with Crippen LogP contribution >= 0.6 is 31.9 Å². The van der Waals surface area contributed by atoms with Crippen molar-refractivity contribution in [3.63, 3.8) is 0 Å². The number of benzene rings is 3. The molecule has 0 bridgehead atoms. The van der Waals surface area contributed by atoms with Crippen molar-refractivity contribution >= 4 is 49.0 Å². The highest BCUT2D eigenvalue weighted by atomic mass is 79.9. The number of fused-ring (bicyclic) bond motifs is 1. The molecule has 0 radical (unpaired) electrons. The summed E-state index contributed by atoms with van der Waals surface area (Å²) in [5.74, 6) is 1.27. The molecule has 0 saturated carbocycles. The van der Waals surface area contributed by atoms with Crippen LogP contribution in [0, 0.1) is 0 Å². The summed E-state index contributed by atoms with van der Waals surface area (Å²) in [4.78, 5) is 17.7. The van der Waals surface area contributed by atoms with Crippen molar-refractivity contribution in [2.24, 2.45) is 5.10 Å². The Morgan fingerprint density at radius 3 is 2.55 bits per heavy atom. The Balaban J connectivity index is 1.71. The molecule has 0 saturated heterocycles. The molecule has 31 heavy (non-hydrogen) atoms. The van der Waals surface area contributed by atoms with Gasteiger partial charge in [-0.2, -0.15) is 9.78 Å². The molecule has 0 aliphatic rings. The zero-order chi connectivity index (χ0) is 21.8. The van der Waals surface area contributed by atoms with Crippen LogP contribution in [0.3, 0.4) is 0 Å². The third-order valence-electron chi connectivity index (χ3n) is 4.71. The van der Waals surface area contributed by atoms with E-state index in [2.05, 4.69) is 41.9 Å². The summed E-state index contributed by atoms with van der Waals surface area (Å²) >= 11 is 6.92. The van der Waals surface area contributed by atoms with E-state index in [0.29, 0.717) is 35.5 Å². The molecule has 0 fully saturated rings. The van der Waals surface area contributed by atoms with Gasteiger partial charge in [0, 0.05) is 20.9 Å². The van der Waals surface area contributed by atoms with Gasteiger partial charge in [-0.25, -0.2) is 4.98 Å². The van der Waals surface area contributed by atoms with Gasteiger partial charge in [0.15, 0.2) is 0 Å². The van der Waals surface area contributed by atoms with Gasteiger partial charge in [0.05, 0.1) is 17.1 Å². The zero-order valence-corrected chi connectivity index (χ0v) is 19.9. The van der Waals surface area contributed by atoms with Gasteiger partial charge in [0.25, 0.3) is 5.56 Å². The largest absolute Gasteiger partial charge is 0.488 e. The maximum Gasteiger partial charge on any atom is 0.282 e. The van der Waals surface area contributed by atoms with Crippen molar-refractivity contribution in [2.45, 2.75) is 20.0 Å². The van der Waals surface area contributed by atoms with E-state index < -0.39 is 0 Å². The molecule has 0 N–H and O–H groups in total. The molecule has 0 atom stereocenters. The number of halogens is 2. The van der Waals surface area contributed by atoms with E-state index in [9.17, 15) is 4.79 Å². The van der Waals surface area contributed by atoms with Gasteiger partial charge in [-0.3, -0.25) is 4.79 Å². The van der Waals surface area contributed by atoms with Crippen LogP contribution in [0.4, 0.5) is 0 Å². The molecule has 3 aromatic carbocycles. The molecule has 0 aliphatic carbocycles. The second-order valence-corrected chi connectivity index (χ2v) is 8.69. The molecule has 7 heteroatoms. The summed E-state index contributed by atoms with van der Waals surface area (Å²) in [5.41, 5.74) is 2.28. The van der Waals surface area contributed by atoms with E-state index in [1.807, 2.05) is 67.6 Å². The lowest BCUT2D eigenvalue weighted by Crippen LogP contribution is -2.22. The van der Waals surface area contributed by atoms with Gasteiger partial charge in [0.1, 0.15) is 18.2 Å². The number of aromatic nitrogens is 2. The minimum absolute atomic E-state index is 0.207. The standard InChI is InChI=1S/C24H19Br2N3O2/c1-2-23-28-21-10-8-19(26)13-20(21)24(30)29(23)27-14-17-12-18(25)9-11-22(17)31-15-16-6-4-3-5-7-16/h3-14H,2,15H2,1H3. The van der Waals surface area contributed by atoms with E-state index in [1.165, 1.54) is 4.68 Å². The molecule has 0 amide bonds. The Morgan fingerprint density at radius 1 is 1.03 bits per heavy atom. The van der Waals surface area contributed by atoms with Crippen molar-refractivity contribution < 1.29 is 4.74 Å².